The van der Waals surface area contributed by atoms with Crippen molar-refractivity contribution in [2.75, 3.05) is 33.4 Å². The lowest BCUT2D eigenvalue weighted by Gasteiger charge is -2.37. The summed E-state index contributed by atoms with van der Waals surface area (Å²) in [5.74, 6) is 0.802. The number of rotatable bonds is 8. The SMILES string of the molecule is CCCN1CCCC(C(C)NC(CC)COC)C1. The molecule has 0 aromatic heterocycles. The van der Waals surface area contributed by atoms with Gasteiger partial charge in [0.1, 0.15) is 0 Å². The van der Waals surface area contributed by atoms with E-state index in [1.54, 1.807) is 7.11 Å². The zero-order valence-corrected chi connectivity index (χ0v) is 12.7. The molecule has 1 fully saturated rings. The number of likely N-dealkylation sites (tertiary alicyclic amines) is 1. The molecular weight excluding hydrogens is 224 g/mol. The van der Waals surface area contributed by atoms with Gasteiger partial charge in [0.05, 0.1) is 6.61 Å². The normalized spacial score (nSPS) is 25.0. The molecule has 3 unspecified atom stereocenters. The van der Waals surface area contributed by atoms with E-state index in [-0.39, 0.29) is 0 Å². The minimum absolute atomic E-state index is 0.506. The number of nitrogens with one attached hydrogen (secondary N) is 1. The molecule has 0 aromatic rings. The van der Waals surface area contributed by atoms with Crippen LogP contribution >= 0.6 is 0 Å². The second-order valence-corrected chi connectivity index (χ2v) is 5.72. The maximum atomic E-state index is 5.27. The molecule has 3 nitrogen and oxygen atoms in total. The van der Waals surface area contributed by atoms with E-state index in [9.17, 15) is 0 Å². The Balaban J connectivity index is 2.37. The number of piperidine rings is 1. The van der Waals surface area contributed by atoms with Crippen LogP contribution in [0.5, 0.6) is 0 Å². The number of hydrogen-bond acceptors (Lipinski definition) is 3. The van der Waals surface area contributed by atoms with Gasteiger partial charge in [-0.1, -0.05) is 13.8 Å². The lowest BCUT2D eigenvalue weighted by atomic mass is 9.91. The molecule has 0 aromatic carbocycles. The molecule has 0 radical (unpaired) electrons. The number of methoxy groups -OCH3 is 1. The van der Waals surface area contributed by atoms with Crippen LogP contribution in [0.3, 0.4) is 0 Å². The van der Waals surface area contributed by atoms with Gasteiger partial charge in [-0.3, -0.25) is 0 Å². The van der Waals surface area contributed by atoms with Gasteiger partial charge in [-0.25, -0.2) is 0 Å². The van der Waals surface area contributed by atoms with Gasteiger partial charge in [-0.2, -0.15) is 0 Å². The van der Waals surface area contributed by atoms with Crippen LogP contribution in [0.4, 0.5) is 0 Å². The van der Waals surface area contributed by atoms with Crippen LogP contribution < -0.4 is 5.32 Å². The van der Waals surface area contributed by atoms with E-state index in [1.807, 2.05) is 0 Å². The van der Waals surface area contributed by atoms with Crippen molar-refractivity contribution < 1.29 is 4.74 Å². The summed E-state index contributed by atoms with van der Waals surface area (Å²) in [5.41, 5.74) is 0. The molecule has 1 N–H and O–H groups in total. The first-order chi connectivity index (χ1) is 8.71. The average molecular weight is 256 g/mol. The molecule has 3 heteroatoms. The summed E-state index contributed by atoms with van der Waals surface area (Å²) < 4.78 is 5.27. The van der Waals surface area contributed by atoms with Crippen LogP contribution in [0.25, 0.3) is 0 Å². The summed E-state index contributed by atoms with van der Waals surface area (Å²) in [6, 6.07) is 1.11. The minimum Gasteiger partial charge on any atom is -0.383 e. The Kier molecular flexibility index (Phi) is 7.87. The highest BCUT2D eigenvalue weighted by Crippen LogP contribution is 2.20. The van der Waals surface area contributed by atoms with Crippen LogP contribution in [-0.4, -0.2) is 50.3 Å². The van der Waals surface area contributed by atoms with Crippen LogP contribution in [0, 0.1) is 5.92 Å². The summed E-state index contributed by atoms with van der Waals surface area (Å²) in [7, 11) is 1.79. The second kappa shape index (κ2) is 8.89. The van der Waals surface area contributed by atoms with Crippen molar-refractivity contribution in [1.82, 2.24) is 10.2 Å². The zero-order chi connectivity index (χ0) is 13.4. The Morgan fingerprint density at radius 3 is 2.78 bits per heavy atom. The van der Waals surface area contributed by atoms with Crippen molar-refractivity contribution in [3.63, 3.8) is 0 Å². The van der Waals surface area contributed by atoms with Gasteiger partial charge >= 0.3 is 0 Å². The molecule has 0 amide bonds. The molecule has 0 saturated carbocycles. The first kappa shape index (κ1) is 15.9. The molecule has 1 aliphatic heterocycles. The zero-order valence-electron chi connectivity index (χ0n) is 12.7. The standard InChI is InChI=1S/C15H32N2O/c1-5-9-17-10-7-8-14(11-17)13(3)16-15(6-2)12-18-4/h13-16H,5-12H2,1-4H3. The summed E-state index contributed by atoms with van der Waals surface area (Å²) in [4.78, 5) is 2.63. The van der Waals surface area contributed by atoms with E-state index in [2.05, 4.69) is 31.0 Å². The minimum atomic E-state index is 0.506. The molecule has 0 spiro atoms. The molecule has 3 atom stereocenters. The molecule has 0 aliphatic carbocycles. The number of nitrogens with zero attached hydrogens (tertiary/aromatic N) is 1. The first-order valence-electron chi connectivity index (χ1n) is 7.68. The maximum absolute atomic E-state index is 5.27. The second-order valence-electron chi connectivity index (χ2n) is 5.72. The largest absolute Gasteiger partial charge is 0.383 e. The van der Waals surface area contributed by atoms with Crippen molar-refractivity contribution in [1.29, 1.82) is 0 Å². The quantitative estimate of drug-likeness (QED) is 0.722. The Morgan fingerprint density at radius 1 is 1.39 bits per heavy atom. The molecular formula is C15H32N2O. The molecule has 18 heavy (non-hydrogen) atoms. The Labute approximate surface area is 113 Å². The van der Waals surface area contributed by atoms with E-state index in [0.29, 0.717) is 12.1 Å². The van der Waals surface area contributed by atoms with Crippen LogP contribution in [0.15, 0.2) is 0 Å². The summed E-state index contributed by atoms with van der Waals surface area (Å²) in [6.07, 6.45) is 5.15. The van der Waals surface area contributed by atoms with Crippen molar-refractivity contribution >= 4 is 0 Å². The van der Waals surface area contributed by atoms with E-state index in [4.69, 9.17) is 4.74 Å². The van der Waals surface area contributed by atoms with E-state index >= 15 is 0 Å². The summed E-state index contributed by atoms with van der Waals surface area (Å²) in [5, 5.41) is 3.75. The Hall–Kier alpha value is -0.120. The maximum Gasteiger partial charge on any atom is 0.0615 e. The average Bonchev–Trinajstić information content (AvgIpc) is 2.39. The van der Waals surface area contributed by atoms with Crippen LogP contribution in [0.1, 0.15) is 46.5 Å². The van der Waals surface area contributed by atoms with Crippen molar-refractivity contribution in [3.05, 3.63) is 0 Å². The van der Waals surface area contributed by atoms with Crippen molar-refractivity contribution in [3.8, 4) is 0 Å². The summed E-state index contributed by atoms with van der Waals surface area (Å²) >= 11 is 0. The lowest BCUT2D eigenvalue weighted by molar-refractivity contribution is 0.124. The molecule has 1 heterocycles. The van der Waals surface area contributed by atoms with Gasteiger partial charge < -0.3 is 15.0 Å². The molecule has 1 aliphatic rings. The Bertz CT molecular complexity index is 209. The van der Waals surface area contributed by atoms with E-state index < -0.39 is 0 Å². The van der Waals surface area contributed by atoms with Crippen LogP contribution in [-0.2, 0) is 4.74 Å². The van der Waals surface area contributed by atoms with Crippen LogP contribution in [0.2, 0.25) is 0 Å². The molecule has 108 valence electrons. The van der Waals surface area contributed by atoms with E-state index in [0.717, 1.165) is 18.9 Å². The fourth-order valence-corrected chi connectivity index (χ4v) is 3.01. The third-order valence-corrected chi connectivity index (χ3v) is 4.15. The highest BCUT2D eigenvalue weighted by molar-refractivity contribution is 4.82. The van der Waals surface area contributed by atoms with Gasteiger partial charge in [-0.15, -0.1) is 0 Å². The predicted molar refractivity (Wildman–Crippen MR) is 78.0 cm³/mol. The third-order valence-electron chi connectivity index (χ3n) is 4.15. The summed E-state index contributed by atoms with van der Waals surface area (Å²) in [6.45, 7) is 11.5. The third kappa shape index (κ3) is 5.25. The van der Waals surface area contributed by atoms with Gasteiger partial charge in [-0.05, 0) is 51.6 Å². The lowest BCUT2D eigenvalue weighted by Crippen LogP contribution is -2.48. The van der Waals surface area contributed by atoms with Crippen molar-refractivity contribution in [2.24, 2.45) is 5.92 Å². The first-order valence-corrected chi connectivity index (χ1v) is 7.68. The fraction of sp³-hybridized carbons (Fsp3) is 1.00. The fourth-order valence-electron chi connectivity index (χ4n) is 3.01. The Morgan fingerprint density at radius 2 is 2.17 bits per heavy atom. The van der Waals surface area contributed by atoms with Gasteiger partial charge in [0.25, 0.3) is 0 Å². The molecule has 1 rings (SSSR count). The smallest absolute Gasteiger partial charge is 0.0615 e. The number of ether oxygens (including phenoxy) is 1. The van der Waals surface area contributed by atoms with Crippen molar-refractivity contribution in [2.45, 2.75) is 58.5 Å². The van der Waals surface area contributed by atoms with Gasteiger partial charge in [0, 0.05) is 25.7 Å². The predicted octanol–water partition coefficient (Wildman–Crippen LogP) is 2.51. The van der Waals surface area contributed by atoms with Gasteiger partial charge in [0.15, 0.2) is 0 Å². The highest BCUT2D eigenvalue weighted by Gasteiger charge is 2.25. The topological polar surface area (TPSA) is 24.5 Å². The number of hydrogen-bond donors (Lipinski definition) is 1. The van der Waals surface area contributed by atoms with E-state index in [1.165, 1.54) is 38.9 Å². The molecule has 1 saturated heterocycles. The highest BCUT2D eigenvalue weighted by atomic mass is 16.5. The molecule has 0 bridgehead atoms. The monoisotopic (exact) mass is 256 g/mol. The van der Waals surface area contributed by atoms with Gasteiger partial charge in [0.2, 0.25) is 0 Å².